The van der Waals surface area contributed by atoms with Gasteiger partial charge in [-0.25, -0.2) is 9.78 Å². The molecule has 1 aliphatic heterocycles. The first-order valence-electron chi connectivity index (χ1n) is 12.3. The number of hydrogen-bond acceptors (Lipinski definition) is 9. The normalized spacial score (nSPS) is 13.8. The van der Waals surface area contributed by atoms with Crippen LogP contribution >= 0.6 is 11.6 Å². The molecule has 0 aliphatic carbocycles. The molecule has 1 aliphatic rings. The van der Waals surface area contributed by atoms with Gasteiger partial charge < -0.3 is 28.6 Å². The molecule has 2 N–H and O–H groups in total. The highest BCUT2D eigenvalue weighted by molar-refractivity contribution is 7.85. The smallest absolute Gasteiger partial charge is 0.423 e. The van der Waals surface area contributed by atoms with Gasteiger partial charge in [-0.05, 0) is 31.0 Å². The van der Waals surface area contributed by atoms with E-state index in [0.717, 1.165) is 6.42 Å². The summed E-state index contributed by atoms with van der Waals surface area (Å²) >= 11 is 5.96. The van der Waals surface area contributed by atoms with Crippen LogP contribution in [0.3, 0.4) is 0 Å². The van der Waals surface area contributed by atoms with Crippen LogP contribution in [0.15, 0.2) is 30.5 Å². The Kier molecular flexibility index (Phi) is 11.4. The Morgan fingerprint density at radius 1 is 1.22 bits per heavy atom. The number of ether oxygens (including phenoxy) is 3. The van der Waals surface area contributed by atoms with Gasteiger partial charge in [-0.1, -0.05) is 11.6 Å². The molecule has 0 atom stereocenters. The van der Waals surface area contributed by atoms with Crippen molar-refractivity contribution in [1.82, 2.24) is 19.9 Å². The summed E-state index contributed by atoms with van der Waals surface area (Å²) in [4.78, 5) is 29.1. The number of pyridine rings is 1. The van der Waals surface area contributed by atoms with Crippen LogP contribution in [0.2, 0.25) is 5.02 Å². The van der Waals surface area contributed by atoms with E-state index in [1.54, 1.807) is 4.90 Å². The average Bonchev–Trinajstić information content (AvgIpc) is 3.31. The maximum Gasteiger partial charge on any atom is 0.423 e. The molecule has 1 aromatic carbocycles. The van der Waals surface area contributed by atoms with Gasteiger partial charge in [0.2, 0.25) is 11.8 Å². The molecule has 1 saturated heterocycles. The third kappa shape index (κ3) is 10.2. The largest absolute Gasteiger partial charge is 0.491 e. The fourth-order valence-corrected chi connectivity index (χ4v) is 4.52. The molecule has 0 saturated carbocycles. The monoisotopic (exact) mass is 624 g/mol. The molecule has 12 nitrogen and oxygen atoms in total. The van der Waals surface area contributed by atoms with Crippen molar-refractivity contribution in [2.45, 2.75) is 32.0 Å². The molecule has 17 heteroatoms. The van der Waals surface area contributed by atoms with Crippen LogP contribution in [0.5, 0.6) is 17.4 Å². The highest BCUT2D eigenvalue weighted by Gasteiger charge is 2.32. The summed E-state index contributed by atoms with van der Waals surface area (Å²) in [5, 5.41) is 1.84. The Labute approximate surface area is 239 Å². The van der Waals surface area contributed by atoms with Gasteiger partial charge in [0, 0.05) is 57.5 Å². The van der Waals surface area contributed by atoms with Crippen molar-refractivity contribution in [2.75, 3.05) is 40.0 Å². The van der Waals surface area contributed by atoms with Crippen molar-refractivity contribution in [3.05, 3.63) is 46.6 Å². The van der Waals surface area contributed by atoms with Crippen LogP contribution in [-0.2, 0) is 36.7 Å². The number of carbonyl (C=O) groups excluding carboxylic acids is 2. The Morgan fingerprint density at radius 3 is 2.66 bits per heavy atom. The highest BCUT2D eigenvalue weighted by Crippen LogP contribution is 2.36. The summed E-state index contributed by atoms with van der Waals surface area (Å²) in [6.45, 7) is 1.09. The number of benzene rings is 1. The molecular formula is C24H28ClF3N4O8S. The Balaban J connectivity index is 1.62. The van der Waals surface area contributed by atoms with Crippen molar-refractivity contribution in [2.24, 2.45) is 0 Å². The molecule has 1 fully saturated rings. The molecule has 2 heterocycles. The molecule has 0 spiro atoms. The molecule has 2 aromatic rings. The Morgan fingerprint density at radius 2 is 2.00 bits per heavy atom. The van der Waals surface area contributed by atoms with Gasteiger partial charge in [-0.2, -0.15) is 26.3 Å². The molecular weight excluding hydrogens is 597 g/mol. The third-order valence-corrected chi connectivity index (χ3v) is 6.80. The van der Waals surface area contributed by atoms with Gasteiger partial charge in [-0.15, -0.1) is 0 Å². The molecule has 0 radical (unpaired) electrons. The Hall–Kier alpha value is -3.34. The molecule has 0 unspecified atom stereocenters. The van der Waals surface area contributed by atoms with E-state index in [9.17, 15) is 31.2 Å². The number of aromatic nitrogens is 1. The summed E-state index contributed by atoms with van der Waals surface area (Å²) < 4.78 is 85.8. The van der Waals surface area contributed by atoms with Crippen LogP contribution < -0.4 is 19.5 Å². The van der Waals surface area contributed by atoms with Crippen LogP contribution in [0, 0.1) is 0 Å². The SMILES string of the molecule is COCCOc1ccc(CNC(=O)OS(=O)(=O)NCCCN2CCCC2=O)c(Oc2ncc(C(F)(F)F)cc2Cl)c1. The fraction of sp³-hybridized carbons (Fsp3) is 0.458. The summed E-state index contributed by atoms with van der Waals surface area (Å²) in [5.41, 5.74) is -0.810. The first-order chi connectivity index (χ1) is 19.4. The van der Waals surface area contributed by atoms with Crippen LogP contribution in [0.25, 0.3) is 0 Å². The lowest BCUT2D eigenvalue weighted by Gasteiger charge is -2.16. The number of alkyl halides is 3. The number of likely N-dealkylation sites (tertiary alicyclic amines) is 1. The lowest BCUT2D eigenvalue weighted by atomic mass is 10.2. The van der Waals surface area contributed by atoms with Crippen molar-refractivity contribution in [1.29, 1.82) is 0 Å². The first kappa shape index (κ1) is 32.2. The number of methoxy groups -OCH3 is 1. The van der Waals surface area contributed by atoms with Crippen molar-refractivity contribution in [3.63, 3.8) is 0 Å². The number of amides is 2. The van der Waals surface area contributed by atoms with Crippen LogP contribution in [-0.4, -0.2) is 70.3 Å². The minimum atomic E-state index is -4.66. The topological polar surface area (TPSA) is 145 Å². The van der Waals surface area contributed by atoms with Gasteiger partial charge in [0.15, 0.2) is 0 Å². The zero-order chi connectivity index (χ0) is 30.0. The summed E-state index contributed by atoms with van der Waals surface area (Å²) in [5.74, 6) is -0.0293. The lowest BCUT2D eigenvalue weighted by Crippen LogP contribution is -2.35. The number of hydrogen-bond donors (Lipinski definition) is 2. The molecule has 3 rings (SSSR count). The van der Waals surface area contributed by atoms with E-state index in [1.165, 1.54) is 25.3 Å². The van der Waals surface area contributed by atoms with Gasteiger partial charge in [0.05, 0.1) is 12.2 Å². The average molecular weight is 625 g/mol. The minimum absolute atomic E-state index is 0.00631. The van der Waals surface area contributed by atoms with E-state index in [0.29, 0.717) is 43.9 Å². The van der Waals surface area contributed by atoms with E-state index in [1.807, 2.05) is 0 Å². The van der Waals surface area contributed by atoms with Crippen molar-refractivity contribution < 1.29 is 49.6 Å². The van der Waals surface area contributed by atoms with Gasteiger partial charge >= 0.3 is 22.6 Å². The summed E-state index contributed by atoms with van der Waals surface area (Å²) in [7, 11) is -2.96. The van der Waals surface area contributed by atoms with E-state index in [2.05, 4.69) is 19.2 Å². The Bertz CT molecular complexity index is 1330. The zero-order valence-corrected chi connectivity index (χ0v) is 23.4. The van der Waals surface area contributed by atoms with Crippen molar-refractivity contribution >= 4 is 33.9 Å². The second-order valence-corrected chi connectivity index (χ2v) is 10.4. The maximum atomic E-state index is 13.0. The third-order valence-electron chi connectivity index (χ3n) is 5.60. The van der Waals surface area contributed by atoms with Gasteiger partial charge in [0.1, 0.15) is 23.1 Å². The van der Waals surface area contributed by atoms with E-state index < -0.39 is 33.2 Å². The second kappa shape index (κ2) is 14.5. The summed E-state index contributed by atoms with van der Waals surface area (Å²) in [6.07, 6.45) is -3.85. The van der Waals surface area contributed by atoms with Crippen LogP contribution in [0.4, 0.5) is 18.0 Å². The fourth-order valence-electron chi connectivity index (χ4n) is 3.60. The quantitative estimate of drug-likeness (QED) is 0.301. The number of halogens is 4. The minimum Gasteiger partial charge on any atom is -0.491 e. The number of nitrogens with one attached hydrogen (secondary N) is 2. The van der Waals surface area contributed by atoms with Gasteiger partial charge in [-0.3, -0.25) is 4.79 Å². The summed E-state index contributed by atoms with van der Waals surface area (Å²) in [6, 6.07) is 5.04. The predicted octanol–water partition coefficient (Wildman–Crippen LogP) is 3.64. The zero-order valence-electron chi connectivity index (χ0n) is 21.8. The van der Waals surface area contributed by atoms with Gasteiger partial charge in [0.25, 0.3) is 0 Å². The maximum absolute atomic E-state index is 13.0. The predicted molar refractivity (Wildman–Crippen MR) is 139 cm³/mol. The number of rotatable bonds is 14. The molecule has 226 valence electrons. The van der Waals surface area contributed by atoms with E-state index >= 15 is 0 Å². The van der Waals surface area contributed by atoms with E-state index in [4.69, 9.17) is 25.8 Å². The molecule has 0 bridgehead atoms. The lowest BCUT2D eigenvalue weighted by molar-refractivity contribution is -0.137. The van der Waals surface area contributed by atoms with Crippen molar-refractivity contribution in [3.8, 4) is 17.4 Å². The van der Waals surface area contributed by atoms with E-state index in [-0.39, 0.29) is 49.4 Å². The first-order valence-corrected chi connectivity index (χ1v) is 14.1. The second-order valence-electron chi connectivity index (χ2n) is 8.63. The molecule has 41 heavy (non-hydrogen) atoms. The number of carbonyl (C=O) groups is 2. The molecule has 2 amide bonds. The van der Waals surface area contributed by atoms with Crippen LogP contribution in [0.1, 0.15) is 30.4 Å². The highest BCUT2D eigenvalue weighted by atomic mass is 35.5. The molecule has 1 aromatic heterocycles. The standard InChI is InChI=1S/C24H28ClF3N4O8S/c1-37-10-11-38-18-6-5-16(20(13-18)39-22-19(25)12-17(15-29-22)24(26,27)28)14-30-23(34)40-41(35,36)31-7-3-9-32-8-2-4-21(32)33/h5-6,12-13,15,31H,2-4,7-11,14H2,1H3,(H,30,34). The number of nitrogens with zero attached hydrogens (tertiary/aromatic N) is 2.